The minimum atomic E-state index is -0.0586. The molecule has 0 radical (unpaired) electrons. The van der Waals surface area contributed by atoms with Gasteiger partial charge < -0.3 is 19.9 Å². The number of hydrogen-bond donors (Lipinski definition) is 1. The van der Waals surface area contributed by atoms with Crippen LogP contribution < -0.4 is 15.0 Å². The Kier molecular flexibility index (Phi) is 6.87. The second-order valence-corrected chi connectivity index (χ2v) is 9.47. The second kappa shape index (κ2) is 9.99. The normalized spacial score (nSPS) is 14.2. The lowest BCUT2D eigenvalue weighted by Gasteiger charge is -2.38. The first-order valence-corrected chi connectivity index (χ1v) is 11.6. The van der Waals surface area contributed by atoms with Gasteiger partial charge in [0.25, 0.3) is 0 Å². The predicted molar refractivity (Wildman–Crippen MR) is 135 cm³/mol. The Balaban J connectivity index is 1.29. The Morgan fingerprint density at radius 3 is 2.15 bits per heavy atom. The molecular formula is C28H33N3O2. The van der Waals surface area contributed by atoms with E-state index in [1.165, 1.54) is 11.3 Å². The fourth-order valence-electron chi connectivity index (χ4n) is 4.11. The molecule has 3 aromatic rings. The van der Waals surface area contributed by atoms with Crippen molar-refractivity contribution >= 4 is 17.4 Å². The smallest absolute Gasteiger partial charge is 0.321 e. The molecule has 0 atom stereocenters. The Bertz CT molecular complexity index is 1050. The lowest BCUT2D eigenvalue weighted by molar-refractivity contribution is 0.208. The lowest BCUT2D eigenvalue weighted by atomic mass is 9.85. The molecule has 3 aromatic carbocycles. The molecule has 0 saturated carbocycles. The third kappa shape index (κ3) is 5.86. The van der Waals surface area contributed by atoms with Gasteiger partial charge >= 0.3 is 6.03 Å². The number of carbonyl (C=O) groups excluding carboxylic acids is 1. The number of ether oxygens (including phenoxy) is 1. The summed E-state index contributed by atoms with van der Waals surface area (Å²) in [5.74, 6) is 0.781. The number of nitrogens with one attached hydrogen (secondary N) is 1. The summed E-state index contributed by atoms with van der Waals surface area (Å²) in [7, 11) is 0. The molecule has 1 aliphatic heterocycles. The van der Waals surface area contributed by atoms with Gasteiger partial charge in [-0.25, -0.2) is 4.79 Å². The van der Waals surface area contributed by atoms with E-state index in [1.807, 2.05) is 59.5 Å². The van der Waals surface area contributed by atoms with Crippen LogP contribution in [0.5, 0.6) is 5.75 Å². The molecule has 1 aliphatic rings. The zero-order chi connectivity index (χ0) is 23.3. The number of anilines is 2. The standard InChI is InChI=1S/C28H33N3O2/c1-28(2,3)25-11-7-8-12-26(25)30-17-19-31(20-18-30)27(32)29-23-13-15-24(16-14-23)33-21-22-9-5-4-6-10-22/h4-16H,17-21H2,1-3H3,(H,29,32). The summed E-state index contributed by atoms with van der Waals surface area (Å²) in [6, 6.07) is 26.2. The number of benzene rings is 3. The molecule has 0 aromatic heterocycles. The summed E-state index contributed by atoms with van der Waals surface area (Å²) >= 11 is 0. The summed E-state index contributed by atoms with van der Waals surface area (Å²) in [5, 5.41) is 3.02. The van der Waals surface area contributed by atoms with Crippen LogP contribution in [-0.2, 0) is 12.0 Å². The number of nitrogens with zero attached hydrogens (tertiary/aromatic N) is 2. The predicted octanol–water partition coefficient (Wildman–Crippen LogP) is 5.92. The van der Waals surface area contributed by atoms with Crippen molar-refractivity contribution in [2.24, 2.45) is 0 Å². The third-order valence-corrected chi connectivity index (χ3v) is 5.97. The van der Waals surface area contributed by atoms with Gasteiger partial charge in [0.2, 0.25) is 0 Å². The molecule has 0 aliphatic carbocycles. The molecule has 4 rings (SSSR count). The zero-order valence-electron chi connectivity index (χ0n) is 19.8. The van der Waals surface area contributed by atoms with Crippen LogP contribution in [-0.4, -0.2) is 37.1 Å². The van der Waals surface area contributed by atoms with Crippen molar-refractivity contribution < 1.29 is 9.53 Å². The maximum Gasteiger partial charge on any atom is 0.321 e. The number of amides is 2. The lowest BCUT2D eigenvalue weighted by Crippen LogP contribution is -2.50. The maximum atomic E-state index is 12.8. The molecule has 1 fully saturated rings. The summed E-state index contributed by atoms with van der Waals surface area (Å²) in [6.07, 6.45) is 0. The molecule has 1 saturated heterocycles. The molecule has 0 spiro atoms. The highest BCUT2D eigenvalue weighted by atomic mass is 16.5. The quantitative estimate of drug-likeness (QED) is 0.533. The Morgan fingerprint density at radius 2 is 1.48 bits per heavy atom. The monoisotopic (exact) mass is 443 g/mol. The van der Waals surface area contributed by atoms with Gasteiger partial charge in [0.05, 0.1) is 0 Å². The van der Waals surface area contributed by atoms with Gasteiger partial charge in [-0.2, -0.15) is 0 Å². The van der Waals surface area contributed by atoms with Crippen LogP contribution >= 0.6 is 0 Å². The number of para-hydroxylation sites is 1. The second-order valence-electron chi connectivity index (χ2n) is 9.47. The Morgan fingerprint density at radius 1 is 0.848 bits per heavy atom. The molecular weight excluding hydrogens is 410 g/mol. The minimum Gasteiger partial charge on any atom is -0.489 e. The first kappa shape index (κ1) is 22.7. The van der Waals surface area contributed by atoms with Crippen LogP contribution in [0.15, 0.2) is 78.9 Å². The topological polar surface area (TPSA) is 44.8 Å². The SMILES string of the molecule is CC(C)(C)c1ccccc1N1CCN(C(=O)Nc2ccc(OCc3ccccc3)cc2)CC1. The van der Waals surface area contributed by atoms with Crippen molar-refractivity contribution in [1.82, 2.24) is 4.90 Å². The summed E-state index contributed by atoms with van der Waals surface area (Å²) < 4.78 is 5.83. The van der Waals surface area contributed by atoms with Gasteiger partial charge in [-0.15, -0.1) is 0 Å². The highest BCUT2D eigenvalue weighted by molar-refractivity contribution is 5.89. The van der Waals surface area contributed by atoms with Crippen molar-refractivity contribution in [3.8, 4) is 5.75 Å². The molecule has 0 unspecified atom stereocenters. The van der Waals surface area contributed by atoms with Crippen LogP contribution in [0.3, 0.4) is 0 Å². The largest absolute Gasteiger partial charge is 0.489 e. The average Bonchev–Trinajstić information content (AvgIpc) is 2.84. The van der Waals surface area contributed by atoms with E-state index in [4.69, 9.17) is 4.74 Å². The molecule has 2 amide bonds. The van der Waals surface area contributed by atoms with Crippen LogP contribution in [0.25, 0.3) is 0 Å². The zero-order valence-corrected chi connectivity index (χ0v) is 19.8. The number of carbonyl (C=O) groups is 1. The molecule has 0 bridgehead atoms. The molecule has 5 nitrogen and oxygen atoms in total. The van der Waals surface area contributed by atoms with Gasteiger partial charge in [-0.05, 0) is 46.9 Å². The number of piperazine rings is 1. The molecule has 33 heavy (non-hydrogen) atoms. The van der Waals surface area contributed by atoms with Crippen molar-refractivity contribution in [2.75, 3.05) is 36.4 Å². The average molecular weight is 444 g/mol. The fraction of sp³-hybridized carbons (Fsp3) is 0.321. The van der Waals surface area contributed by atoms with E-state index >= 15 is 0 Å². The number of rotatable bonds is 5. The van der Waals surface area contributed by atoms with Crippen LogP contribution in [0, 0.1) is 0 Å². The van der Waals surface area contributed by atoms with E-state index < -0.39 is 0 Å². The Hall–Kier alpha value is -3.47. The number of urea groups is 1. The molecule has 172 valence electrons. The highest BCUT2D eigenvalue weighted by Crippen LogP contribution is 2.32. The van der Waals surface area contributed by atoms with E-state index in [2.05, 4.69) is 55.3 Å². The third-order valence-electron chi connectivity index (χ3n) is 5.97. The first-order valence-electron chi connectivity index (χ1n) is 11.6. The van der Waals surface area contributed by atoms with Crippen LogP contribution in [0.1, 0.15) is 31.9 Å². The van der Waals surface area contributed by atoms with E-state index in [0.29, 0.717) is 19.7 Å². The molecule has 1 heterocycles. The van der Waals surface area contributed by atoms with Crippen LogP contribution in [0.2, 0.25) is 0 Å². The van der Waals surface area contributed by atoms with Crippen molar-refractivity contribution in [2.45, 2.75) is 32.8 Å². The van der Waals surface area contributed by atoms with Crippen LogP contribution in [0.4, 0.5) is 16.2 Å². The van der Waals surface area contributed by atoms with Gasteiger partial charge in [-0.3, -0.25) is 0 Å². The summed E-state index contributed by atoms with van der Waals surface area (Å²) in [4.78, 5) is 17.1. The molecule has 5 heteroatoms. The summed E-state index contributed by atoms with van der Waals surface area (Å²) in [6.45, 7) is 10.3. The van der Waals surface area contributed by atoms with Gasteiger partial charge in [-0.1, -0.05) is 69.3 Å². The van der Waals surface area contributed by atoms with Crippen molar-refractivity contribution in [3.05, 3.63) is 90.0 Å². The van der Waals surface area contributed by atoms with Crippen molar-refractivity contribution in [3.63, 3.8) is 0 Å². The highest BCUT2D eigenvalue weighted by Gasteiger charge is 2.25. The molecule has 1 N–H and O–H groups in total. The van der Waals surface area contributed by atoms with E-state index in [9.17, 15) is 4.79 Å². The van der Waals surface area contributed by atoms with Gasteiger partial charge in [0, 0.05) is 37.6 Å². The van der Waals surface area contributed by atoms with E-state index in [-0.39, 0.29) is 11.4 Å². The number of hydrogen-bond acceptors (Lipinski definition) is 3. The first-order chi connectivity index (χ1) is 15.9. The Labute approximate surface area is 197 Å². The van der Waals surface area contributed by atoms with E-state index in [0.717, 1.165) is 30.1 Å². The maximum absolute atomic E-state index is 12.8. The van der Waals surface area contributed by atoms with Gasteiger partial charge in [0.1, 0.15) is 12.4 Å². The minimum absolute atomic E-state index is 0.0586. The van der Waals surface area contributed by atoms with Crippen molar-refractivity contribution in [1.29, 1.82) is 0 Å². The van der Waals surface area contributed by atoms with Gasteiger partial charge in [0.15, 0.2) is 0 Å². The summed E-state index contributed by atoms with van der Waals surface area (Å²) in [5.41, 5.74) is 4.60. The fourth-order valence-corrected chi connectivity index (χ4v) is 4.11. The van der Waals surface area contributed by atoms with E-state index in [1.54, 1.807) is 0 Å².